The third-order valence-corrected chi connectivity index (χ3v) is 9.42. The fraction of sp³-hybridized carbons (Fsp3) is 0.586. The van der Waals surface area contributed by atoms with Gasteiger partial charge in [0.2, 0.25) is 0 Å². The molecule has 1 saturated heterocycles. The van der Waals surface area contributed by atoms with Crippen LogP contribution in [0.15, 0.2) is 48.5 Å². The lowest BCUT2D eigenvalue weighted by Gasteiger charge is -2.65. The van der Waals surface area contributed by atoms with Gasteiger partial charge in [-0.15, -0.1) is 0 Å². The molecule has 2 aromatic carbocycles. The standard InChI is InChI=1S/C29H38N2O2/c1-30(19-21-6-4-3-5-7-21)24-12-13-29(32)27-16-23-10-11-25(33-2)17-26(23)28(29,18-24)14-15-31(27)20-22-8-9-22/h3-7,10-11,17,22,24,27,32H,8-9,12-16,18-20H2,1-2H3/t24-,27-,28-,29-/m1/s1. The number of ether oxygens (including phenoxy) is 1. The normalized spacial score (nSPS) is 33.5. The second kappa shape index (κ2) is 8.11. The minimum Gasteiger partial charge on any atom is -0.497 e. The summed E-state index contributed by atoms with van der Waals surface area (Å²) in [7, 11) is 4.03. The van der Waals surface area contributed by atoms with Crippen LogP contribution in [-0.2, 0) is 18.4 Å². The van der Waals surface area contributed by atoms with Crippen molar-refractivity contribution in [2.45, 2.75) is 74.6 Å². The molecule has 1 heterocycles. The minimum atomic E-state index is -0.649. The monoisotopic (exact) mass is 446 g/mol. The predicted octanol–water partition coefficient (Wildman–Crippen LogP) is 4.39. The maximum absolute atomic E-state index is 12.6. The van der Waals surface area contributed by atoms with Crippen molar-refractivity contribution < 1.29 is 9.84 Å². The molecular formula is C29H38N2O2. The van der Waals surface area contributed by atoms with E-state index in [2.05, 4.69) is 65.4 Å². The van der Waals surface area contributed by atoms with Crippen LogP contribution < -0.4 is 4.74 Å². The summed E-state index contributed by atoms with van der Waals surface area (Å²) in [6, 6.07) is 18.2. The van der Waals surface area contributed by atoms with Gasteiger partial charge in [-0.25, -0.2) is 0 Å². The minimum absolute atomic E-state index is 0.187. The van der Waals surface area contributed by atoms with Crippen molar-refractivity contribution >= 4 is 0 Å². The van der Waals surface area contributed by atoms with Gasteiger partial charge in [0.05, 0.1) is 12.7 Å². The van der Waals surface area contributed by atoms with Crippen LogP contribution in [0.2, 0.25) is 0 Å². The first-order valence-electron chi connectivity index (χ1n) is 12.9. The molecule has 1 N–H and O–H groups in total. The zero-order chi connectivity index (χ0) is 22.6. The molecule has 0 spiro atoms. The van der Waals surface area contributed by atoms with Crippen LogP contribution >= 0.6 is 0 Å². The van der Waals surface area contributed by atoms with Crippen LogP contribution in [0.5, 0.6) is 5.75 Å². The van der Waals surface area contributed by atoms with E-state index in [1.165, 1.54) is 36.1 Å². The number of hydrogen-bond acceptors (Lipinski definition) is 4. The van der Waals surface area contributed by atoms with E-state index in [9.17, 15) is 5.11 Å². The number of aliphatic hydroxyl groups is 1. The van der Waals surface area contributed by atoms with Crippen LogP contribution in [0.1, 0.15) is 55.2 Å². The van der Waals surface area contributed by atoms with Crippen LogP contribution in [0.4, 0.5) is 0 Å². The highest BCUT2D eigenvalue weighted by atomic mass is 16.5. The Bertz CT molecular complexity index is 1010. The number of hydrogen-bond donors (Lipinski definition) is 1. The first kappa shape index (κ1) is 21.6. The fourth-order valence-corrected chi connectivity index (χ4v) is 7.42. The van der Waals surface area contributed by atoms with Crippen molar-refractivity contribution in [1.29, 1.82) is 0 Å². The topological polar surface area (TPSA) is 35.9 Å². The van der Waals surface area contributed by atoms with E-state index < -0.39 is 5.60 Å². The Labute approximate surface area is 198 Å². The van der Waals surface area contributed by atoms with Gasteiger partial charge in [0.25, 0.3) is 0 Å². The Morgan fingerprint density at radius 1 is 1.09 bits per heavy atom. The Morgan fingerprint density at radius 2 is 1.91 bits per heavy atom. The lowest BCUT2D eigenvalue weighted by Crippen LogP contribution is -2.74. The molecule has 4 atom stereocenters. The van der Waals surface area contributed by atoms with Gasteiger partial charge >= 0.3 is 0 Å². The van der Waals surface area contributed by atoms with Crippen molar-refractivity contribution in [3.63, 3.8) is 0 Å². The average molecular weight is 447 g/mol. The van der Waals surface area contributed by atoms with E-state index in [4.69, 9.17) is 4.74 Å². The molecule has 3 fully saturated rings. The maximum atomic E-state index is 12.6. The molecular weight excluding hydrogens is 408 g/mol. The number of benzene rings is 2. The van der Waals surface area contributed by atoms with Crippen molar-refractivity contribution in [3.05, 3.63) is 65.2 Å². The smallest absolute Gasteiger partial charge is 0.119 e. The van der Waals surface area contributed by atoms with Gasteiger partial charge in [-0.3, -0.25) is 9.80 Å². The molecule has 33 heavy (non-hydrogen) atoms. The van der Waals surface area contributed by atoms with Crippen LogP contribution in [0.3, 0.4) is 0 Å². The van der Waals surface area contributed by atoms with Gasteiger partial charge in [-0.1, -0.05) is 36.4 Å². The maximum Gasteiger partial charge on any atom is 0.119 e. The van der Waals surface area contributed by atoms with E-state index in [-0.39, 0.29) is 11.5 Å². The summed E-state index contributed by atoms with van der Waals surface area (Å²) < 4.78 is 5.66. The van der Waals surface area contributed by atoms with Gasteiger partial charge in [-0.2, -0.15) is 0 Å². The molecule has 176 valence electrons. The highest BCUT2D eigenvalue weighted by Crippen LogP contribution is 2.59. The van der Waals surface area contributed by atoms with E-state index in [1.807, 2.05) is 0 Å². The van der Waals surface area contributed by atoms with E-state index >= 15 is 0 Å². The lowest BCUT2D eigenvalue weighted by atomic mass is 9.48. The van der Waals surface area contributed by atoms with Crippen LogP contribution in [0, 0.1) is 5.92 Å². The van der Waals surface area contributed by atoms with Crippen molar-refractivity contribution in [2.24, 2.45) is 5.92 Å². The van der Waals surface area contributed by atoms with Gasteiger partial charge in [0, 0.05) is 30.6 Å². The zero-order valence-electron chi connectivity index (χ0n) is 20.2. The number of rotatable bonds is 6. The van der Waals surface area contributed by atoms with Crippen molar-refractivity contribution in [1.82, 2.24) is 9.80 Å². The first-order chi connectivity index (χ1) is 16.0. The summed E-state index contributed by atoms with van der Waals surface area (Å²) in [5, 5.41) is 12.6. The first-order valence-corrected chi connectivity index (χ1v) is 12.9. The highest BCUT2D eigenvalue weighted by Gasteiger charge is 2.65. The molecule has 0 amide bonds. The molecule has 4 aliphatic rings. The van der Waals surface area contributed by atoms with E-state index in [1.54, 1.807) is 7.11 Å². The summed E-state index contributed by atoms with van der Waals surface area (Å²) in [5.41, 5.74) is 3.32. The quantitative estimate of drug-likeness (QED) is 0.714. The average Bonchev–Trinajstić information content (AvgIpc) is 3.65. The molecule has 2 saturated carbocycles. The molecule has 3 aliphatic carbocycles. The fourth-order valence-electron chi connectivity index (χ4n) is 7.42. The molecule has 2 aromatic rings. The van der Waals surface area contributed by atoms with Crippen molar-refractivity contribution in [3.8, 4) is 5.75 Å². The molecule has 2 bridgehead atoms. The predicted molar refractivity (Wildman–Crippen MR) is 132 cm³/mol. The molecule has 6 rings (SSSR count). The number of likely N-dealkylation sites (tertiary alicyclic amines) is 1. The highest BCUT2D eigenvalue weighted by molar-refractivity contribution is 5.48. The van der Waals surface area contributed by atoms with E-state index in [0.29, 0.717) is 6.04 Å². The summed E-state index contributed by atoms with van der Waals surface area (Å²) in [6.07, 6.45) is 7.73. The number of piperidine rings is 1. The Morgan fingerprint density at radius 3 is 2.67 bits per heavy atom. The number of methoxy groups -OCH3 is 1. The van der Waals surface area contributed by atoms with Gasteiger partial charge in [0.15, 0.2) is 0 Å². The second-order valence-corrected chi connectivity index (χ2v) is 11.2. The van der Waals surface area contributed by atoms with E-state index in [0.717, 1.165) is 56.9 Å². The SMILES string of the molecule is COc1ccc2c(c1)[C@]13CCN(CC4CC4)[C@H](C2)[C@]1(O)CC[C@@H](N(C)Cc1ccccc1)C3. The lowest BCUT2D eigenvalue weighted by molar-refractivity contribution is -0.176. The molecule has 0 aromatic heterocycles. The summed E-state index contributed by atoms with van der Waals surface area (Å²) in [6.45, 7) is 3.24. The van der Waals surface area contributed by atoms with Gasteiger partial charge in [-0.05, 0) is 93.3 Å². The van der Waals surface area contributed by atoms with Gasteiger partial charge < -0.3 is 9.84 Å². The number of nitrogens with zero attached hydrogens (tertiary/aromatic N) is 2. The summed E-state index contributed by atoms with van der Waals surface area (Å²) in [5.74, 6) is 1.77. The summed E-state index contributed by atoms with van der Waals surface area (Å²) >= 11 is 0. The van der Waals surface area contributed by atoms with Gasteiger partial charge in [0.1, 0.15) is 5.75 Å². The third kappa shape index (κ3) is 3.53. The van der Waals surface area contributed by atoms with Crippen molar-refractivity contribution in [2.75, 3.05) is 27.2 Å². The molecule has 0 unspecified atom stereocenters. The molecule has 4 nitrogen and oxygen atoms in total. The Balaban J connectivity index is 1.36. The summed E-state index contributed by atoms with van der Waals surface area (Å²) in [4.78, 5) is 5.20. The second-order valence-electron chi connectivity index (χ2n) is 11.2. The molecule has 0 radical (unpaired) electrons. The Kier molecular flexibility index (Phi) is 5.32. The largest absolute Gasteiger partial charge is 0.497 e. The van der Waals surface area contributed by atoms with Crippen LogP contribution in [0.25, 0.3) is 0 Å². The molecule has 1 aliphatic heterocycles. The Hall–Kier alpha value is -1.88. The van der Waals surface area contributed by atoms with Crippen LogP contribution in [-0.4, -0.2) is 59.8 Å². The zero-order valence-corrected chi connectivity index (χ0v) is 20.2. The molecule has 4 heteroatoms. The number of fused-ring (bicyclic) bond motifs is 1. The third-order valence-electron chi connectivity index (χ3n) is 9.42.